The number of rotatable bonds is 23. The summed E-state index contributed by atoms with van der Waals surface area (Å²) in [7, 11) is 4.62. The number of nitrogens with zero attached hydrogens (tertiary/aromatic N) is 2. The van der Waals surface area contributed by atoms with E-state index in [2.05, 4.69) is 6.92 Å². The molecule has 10 heteroatoms. The Morgan fingerprint density at radius 1 is 0.700 bits per heavy atom. The van der Waals surface area contributed by atoms with E-state index in [0.29, 0.717) is 41.7 Å². The van der Waals surface area contributed by atoms with E-state index in [4.69, 9.17) is 23.7 Å². The summed E-state index contributed by atoms with van der Waals surface area (Å²) in [5, 5.41) is 0. The largest absolute Gasteiger partial charge is 1.00 e. The highest BCUT2D eigenvalue weighted by atomic mass is 127. The van der Waals surface area contributed by atoms with Gasteiger partial charge in [0.05, 0.1) is 33.5 Å². The Labute approximate surface area is 316 Å². The molecule has 1 aromatic heterocycles. The van der Waals surface area contributed by atoms with Gasteiger partial charge in [0.1, 0.15) is 25.4 Å². The number of para-hydroxylation sites is 1. The molecule has 0 fully saturated rings. The molecule has 0 saturated carbocycles. The Morgan fingerprint density at radius 2 is 1.26 bits per heavy atom. The van der Waals surface area contributed by atoms with Crippen molar-refractivity contribution in [3.05, 3.63) is 77.6 Å². The Hall–Kier alpha value is -3.54. The third kappa shape index (κ3) is 13.6. The maximum absolute atomic E-state index is 13.8. The Morgan fingerprint density at radius 3 is 1.84 bits per heavy atom. The predicted molar refractivity (Wildman–Crippen MR) is 191 cm³/mol. The average molecular weight is 805 g/mol. The van der Waals surface area contributed by atoms with Crippen molar-refractivity contribution in [3.8, 4) is 23.0 Å². The second-order valence-electron chi connectivity index (χ2n) is 12.2. The molecule has 0 aliphatic heterocycles. The molecule has 0 unspecified atom stereocenters. The molecule has 276 valence electrons. The van der Waals surface area contributed by atoms with Gasteiger partial charge in [-0.15, -0.1) is 0 Å². The minimum atomic E-state index is -0.785. The fourth-order valence-corrected chi connectivity index (χ4v) is 5.81. The molecule has 0 spiro atoms. The fourth-order valence-electron chi connectivity index (χ4n) is 5.81. The fraction of sp³-hybridized carbons (Fsp3) is 0.525. The highest BCUT2D eigenvalue weighted by Crippen LogP contribution is 2.39. The molecule has 0 aliphatic carbocycles. The van der Waals surface area contributed by atoms with Gasteiger partial charge in [-0.05, 0) is 43.2 Å². The highest BCUT2D eigenvalue weighted by molar-refractivity contribution is 6.04. The van der Waals surface area contributed by atoms with Crippen LogP contribution in [-0.2, 0) is 24.4 Å². The van der Waals surface area contributed by atoms with Gasteiger partial charge in [0, 0.05) is 12.1 Å². The molecule has 3 aromatic rings. The first-order chi connectivity index (χ1) is 24.0. The summed E-state index contributed by atoms with van der Waals surface area (Å²) in [6.45, 7) is 5.40. The Bertz CT molecular complexity index is 1410. The lowest BCUT2D eigenvalue weighted by Gasteiger charge is -2.21. The maximum atomic E-state index is 13.8. The van der Waals surface area contributed by atoms with E-state index < -0.39 is 12.0 Å². The number of unbranched alkanes of at least 4 members (excludes halogenated alkanes) is 11. The van der Waals surface area contributed by atoms with E-state index >= 15 is 0 Å². The van der Waals surface area contributed by atoms with Crippen LogP contribution in [-0.4, -0.2) is 44.8 Å². The van der Waals surface area contributed by atoms with Crippen LogP contribution in [0.3, 0.4) is 0 Å². The molecule has 3 rings (SSSR count). The first-order valence-corrected chi connectivity index (χ1v) is 17.9. The molecule has 0 bridgehead atoms. The number of carbonyl (C=O) groups is 2. The van der Waals surface area contributed by atoms with Gasteiger partial charge in [-0.3, -0.25) is 4.79 Å². The molecule has 50 heavy (non-hydrogen) atoms. The van der Waals surface area contributed by atoms with Gasteiger partial charge in [0.2, 0.25) is 11.4 Å². The molecule has 0 atom stereocenters. The number of carbonyl (C=O) groups excluding carboxylic acids is 2. The van der Waals surface area contributed by atoms with Crippen molar-refractivity contribution < 1.29 is 61.8 Å². The number of aromatic nitrogens is 1. The average Bonchev–Trinajstić information content (AvgIpc) is 3.14. The molecular formula is C40H57IN2O7. The summed E-state index contributed by atoms with van der Waals surface area (Å²) >= 11 is 0. The number of aryl methyl sites for hydroxylation is 1. The second kappa shape index (κ2) is 24.6. The van der Waals surface area contributed by atoms with Crippen LogP contribution >= 0.6 is 0 Å². The number of ether oxygens (including phenoxy) is 5. The predicted octanol–water partition coefficient (Wildman–Crippen LogP) is 6.08. The summed E-state index contributed by atoms with van der Waals surface area (Å²) in [5.41, 5.74) is 1.68. The van der Waals surface area contributed by atoms with Crippen molar-refractivity contribution in [3.63, 3.8) is 0 Å². The lowest BCUT2D eigenvalue weighted by atomic mass is 10.1. The zero-order chi connectivity index (χ0) is 35.3. The first-order valence-electron chi connectivity index (χ1n) is 17.9. The normalized spacial score (nSPS) is 10.6. The van der Waals surface area contributed by atoms with E-state index in [9.17, 15) is 9.59 Å². The molecule has 0 saturated heterocycles. The SMILES string of the molecule is CCCCCCCCCCCCCCOc1c(OC)cc(COC(=O)N(Cc2cccc[n+]2CC)C(=O)c2ccccc2OC)cc1OC.[I-]. The minimum absolute atomic E-state index is 0. The number of imide groups is 1. The van der Waals surface area contributed by atoms with Crippen molar-refractivity contribution in [2.45, 2.75) is 111 Å². The lowest BCUT2D eigenvalue weighted by molar-refractivity contribution is -0.701. The number of methoxy groups -OCH3 is 3. The topological polar surface area (TPSA) is 87.4 Å². The van der Waals surface area contributed by atoms with Gasteiger partial charge in [0.15, 0.2) is 17.7 Å². The van der Waals surface area contributed by atoms with Gasteiger partial charge >= 0.3 is 6.09 Å². The van der Waals surface area contributed by atoms with Crippen LogP contribution in [0.5, 0.6) is 23.0 Å². The Kier molecular flexibility index (Phi) is 21.0. The van der Waals surface area contributed by atoms with Gasteiger partial charge < -0.3 is 47.7 Å². The second-order valence-corrected chi connectivity index (χ2v) is 12.2. The van der Waals surface area contributed by atoms with Crippen molar-refractivity contribution in [2.75, 3.05) is 27.9 Å². The van der Waals surface area contributed by atoms with Crippen LogP contribution in [0.25, 0.3) is 0 Å². The standard InChI is InChI=1S/C40H57N2O7.HI/c1-6-8-9-10-11-12-13-14-15-16-17-22-27-48-38-36(46-4)28-32(29-37(38)47-5)31-49-40(44)42(30-33-23-20-21-26-41(33)7-2)39(43)34-24-18-19-25-35(34)45-3;/h18-21,23-26,28-29H,6-17,22,27,30-31H2,1-5H3;1H/q+1;/p-1. The summed E-state index contributed by atoms with van der Waals surface area (Å²) in [6.07, 6.45) is 16.4. The van der Waals surface area contributed by atoms with Crippen molar-refractivity contribution >= 4 is 12.0 Å². The number of hydrogen-bond donors (Lipinski definition) is 0. The van der Waals surface area contributed by atoms with Gasteiger partial charge in [0.25, 0.3) is 5.91 Å². The summed E-state index contributed by atoms with van der Waals surface area (Å²) in [6, 6.07) is 16.0. The molecule has 1 heterocycles. The molecule has 0 aliphatic rings. The van der Waals surface area contributed by atoms with E-state index in [1.807, 2.05) is 35.9 Å². The third-order valence-electron chi connectivity index (χ3n) is 8.63. The van der Waals surface area contributed by atoms with Crippen LogP contribution in [0, 0.1) is 0 Å². The van der Waals surface area contributed by atoms with Gasteiger partial charge in [-0.2, -0.15) is 0 Å². The molecule has 2 aromatic carbocycles. The van der Waals surface area contributed by atoms with Crippen LogP contribution in [0.2, 0.25) is 0 Å². The van der Waals surface area contributed by atoms with Crippen molar-refractivity contribution in [2.24, 2.45) is 0 Å². The zero-order valence-corrected chi connectivity index (χ0v) is 32.9. The third-order valence-corrected chi connectivity index (χ3v) is 8.63. The lowest BCUT2D eigenvalue weighted by Crippen LogP contribution is -3.00. The van der Waals surface area contributed by atoms with Crippen LogP contribution in [0.15, 0.2) is 60.8 Å². The molecule has 2 amide bonds. The van der Waals surface area contributed by atoms with E-state index in [1.165, 1.54) is 71.3 Å². The molecule has 0 radical (unpaired) electrons. The summed E-state index contributed by atoms with van der Waals surface area (Å²) in [4.78, 5) is 28.5. The number of pyridine rings is 1. The summed E-state index contributed by atoms with van der Waals surface area (Å²) in [5.74, 6) is 1.34. The molecule has 9 nitrogen and oxygen atoms in total. The van der Waals surface area contributed by atoms with Crippen LogP contribution in [0.4, 0.5) is 4.79 Å². The quantitative estimate of drug-likeness (QED) is 0.0653. The maximum Gasteiger partial charge on any atom is 0.417 e. The van der Waals surface area contributed by atoms with Gasteiger partial charge in [-0.25, -0.2) is 14.3 Å². The molecular weight excluding hydrogens is 747 g/mol. The van der Waals surface area contributed by atoms with Crippen LogP contribution < -0.4 is 47.5 Å². The smallest absolute Gasteiger partial charge is 0.417 e. The zero-order valence-electron chi connectivity index (χ0n) is 30.7. The van der Waals surface area contributed by atoms with E-state index in [-0.39, 0.29) is 42.7 Å². The van der Waals surface area contributed by atoms with Gasteiger partial charge in [-0.1, -0.05) is 95.8 Å². The number of amides is 2. The first kappa shape index (κ1) is 42.6. The van der Waals surface area contributed by atoms with E-state index in [0.717, 1.165) is 23.4 Å². The summed E-state index contributed by atoms with van der Waals surface area (Å²) < 4.78 is 30.5. The monoisotopic (exact) mass is 804 g/mol. The van der Waals surface area contributed by atoms with E-state index in [1.54, 1.807) is 50.6 Å². The number of benzene rings is 2. The molecule has 0 N–H and O–H groups in total. The van der Waals surface area contributed by atoms with Crippen LogP contribution in [0.1, 0.15) is 113 Å². The number of halogens is 1. The van der Waals surface area contributed by atoms with Crippen molar-refractivity contribution in [1.29, 1.82) is 0 Å². The minimum Gasteiger partial charge on any atom is -1.00 e. The van der Waals surface area contributed by atoms with Crippen molar-refractivity contribution in [1.82, 2.24) is 4.90 Å². The number of hydrogen-bond acceptors (Lipinski definition) is 7. The Balaban J connectivity index is 0.00000867. The highest BCUT2D eigenvalue weighted by Gasteiger charge is 2.30.